The summed E-state index contributed by atoms with van der Waals surface area (Å²) in [6.45, 7) is 5.38. The van der Waals surface area contributed by atoms with Crippen LogP contribution in [-0.2, 0) is 0 Å². The first-order valence-electron chi connectivity index (χ1n) is 5.71. The zero-order chi connectivity index (χ0) is 10.6. The molecule has 84 valence electrons. The molecule has 1 rings (SSSR count). The van der Waals surface area contributed by atoms with E-state index in [1.165, 1.54) is 25.0 Å². The normalized spacial score (nSPS) is 29.8. The van der Waals surface area contributed by atoms with E-state index < -0.39 is 0 Å². The molecule has 1 saturated carbocycles. The van der Waals surface area contributed by atoms with Gasteiger partial charge in [0.2, 0.25) is 0 Å². The fourth-order valence-electron chi connectivity index (χ4n) is 2.31. The first-order chi connectivity index (χ1) is 6.63. The van der Waals surface area contributed by atoms with Crippen molar-refractivity contribution in [3.8, 4) is 0 Å². The lowest BCUT2D eigenvalue weighted by Crippen LogP contribution is -2.38. The molecule has 3 atom stereocenters. The van der Waals surface area contributed by atoms with Gasteiger partial charge in [-0.3, -0.25) is 0 Å². The van der Waals surface area contributed by atoms with Crippen molar-refractivity contribution in [1.82, 2.24) is 4.90 Å². The molecular formula is C11H24N2S. The first-order valence-corrected chi connectivity index (χ1v) is 6.75. The van der Waals surface area contributed by atoms with Crippen molar-refractivity contribution in [2.24, 2.45) is 5.73 Å². The third kappa shape index (κ3) is 3.79. The smallest absolute Gasteiger partial charge is 0.0139 e. The molecule has 2 N–H and O–H groups in total. The number of nitrogens with two attached hydrogens (primary N) is 1. The Labute approximate surface area is 92.6 Å². The molecule has 0 spiro atoms. The highest BCUT2D eigenvalue weighted by molar-refractivity contribution is 7.99. The summed E-state index contributed by atoms with van der Waals surface area (Å²) < 4.78 is 0. The van der Waals surface area contributed by atoms with Crippen LogP contribution in [-0.4, -0.2) is 41.6 Å². The highest BCUT2D eigenvalue weighted by atomic mass is 32.2. The monoisotopic (exact) mass is 216 g/mol. The summed E-state index contributed by atoms with van der Waals surface area (Å²) in [7, 11) is 2.22. The Hall–Kier alpha value is 0.270. The van der Waals surface area contributed by atoms with E-state index in [9.17, 15) is 0 Å². The van der Waals surface area contributed by atoms with Crippen molar-refractivity contribution in [1.29, 1.82) is 0 Å². The highest BCUT2D eigenvalue weighted by Gasteiger charge is 2.27. The predicted octanol–water partition coefficient (Wildman–Crippen LogP) is 1.94. The fourth-order valence-corrected chi connectivity index (χ4v) is 3.44. The third-order valence-electron chi connectivity index (χ3n) is 2.96. The van der Waals surface area contributed by atoms with Gasteiger partial charge in [0.05, 0.1) is 0 Å². The van der Waals surface area contributed by atoms with Crippen molar-refractivity contribution < 1.29 is 0 Å². The molecule has 1 fully saturated rings. The SMILES string of the molecule is CCSC1CCC(N(C)CC(C)N)C1. The van der Waals surface area contributed by atoms with Crippen molar-refractivity contribution in [2.45, 2.75) is 50.4 Å². The van der Waals surface area contributed by atoms with Crippen molar-refractivity contribution in [3.63, 3.8) is 0 Å². The molecule has 1 aliphatic carbocycles. The van der Waals surface area contributed by atoms with Gasteiger partial charge in [-0.05, 0) is 39.0 Å². The Kier molecular flexibility index (Phi) is 5.28. The van der Waals surface area contributed by atoms with Crippen molar-refractivity contribution in [3.05, 3.63) is 0 Å². The summed E-state index contributed by atoms with van der Waals surface area (Å²) >= 11 is 2.12. The second-order valence-electron chi connectivity index (χ2n) is 4.46. The molecule has 1 aliphatic rings. The molecule has 14 heavy (non-hydrogen) atoms. The van der Waals surface area contributed by atoms with Gasteiger partial charge in [-0.2, -0.15) is 11.8 Å². The predicted molar refractivity (Wildman–Crippen MR) is 65.8 cm³/mol. The Bertz CT molecular complexity index is 161. The molecule has 0 heterocycles. The van der Waals surface area contributed by atoms with Gasteiger partial charge in [-0.1, -0.05) is 6.92 Å². The standard InChI is InChI=1S/C11H24N2S/c1-4-14-11-6-5-10(7-11)13(3)8-9(2)12/h9-11H,4-8,12H2,1-3H3. The molecule has 0 saturated heterocycles. The molecule has 3 unspecified atom stereocenters. The van der Waals surface area contributed by atoms with Crippen LogP contribution in [0.2, 0.25) is 0 Å². The average molecular weight is 216 g/mol. The van der Waals surface area contributed by atoms with Gasteiger partial charge in [-0.15, -0.1) is 0 Å². The van der Waals surface area contributed by atoms with E-state index in [4.69, 9.17) is 5.73 Å². The number of rotatable bonds is 5. The van der Waals surface area contributed by atoms with E-state index in [1.54, 1.807) is 0 Å². The Morgan fingerprint density at radius 2 is 2.21 bits per heavy atom. The van der Waals surface area contributed by atoms with Crippen LogP contribution in [0, 0.1) is 0 Å². The molecule has 2 nitrogen and oxygen atoms in total. The second kappa shape index (κ2) is 5.99. The lowest BCUT2D eigenvalue weighted by Gasteiger charge is -2.25. The summed E-state index contributed by atoms with van der Waals surface area (Å²) in [6.07, 6.45) is 4.12. The van der Waals surface area contributed by atoms with Crippen molar-refractivity contribution in [2.75, 3.05) is 19.3 Å². The zero-order valence-electron chi connectivity index (χ0n) is 9.70. The maximum Gasteiger partial charge on any atom is 0.0139 e. The van der Waals surface area contributed by atoms with Crippen LogP contribution in [0.4, 0.5) is 0 Å². The summed E-state index contributed by atoms with van der Waals surface area (Å²) in [5, 5.41) is 0.903. The summed E-state index contributed by atoms with van der Waals surface area (Å²) in [5.74, 6) is 1.26. The Morgan fingerprint density at radius 3 is 2.79 bits per heavy atom. The largest absolute Gasteiger partial charge is 0.327 e. The number of hydrogen-bond donors (Lipinski definition) is 1. The van der Waals surface area contributed by atoms with E-state index >= 15 is 0 Å². The van der Waals surface area contributed by atoms with Gasteiger partial charge in [0.25, 0.3) is 0 Å². The minimum Gasteiger partial charge on any atom is -0.327 e. The minimum absolute atomic E-state index is 0.304. The van der Waals surface area contributed by atoms with Crippen LogP contribution in [0.5, 0.6) is 0 Å². The van der Waals surface area contributed by atoms with Crippen LogP contribution in [0.25, 0.3) is 0 Å². The van der Waals surface area contributed by atoms with E-state index in [2.05, 4.69) is 37.6 Å². The van der Waals surface area contributed by atoms with Crippen LogP contribution >= 0.6 is 11.8 Å². The van der Waals surface area contributed by atoms with E-state index in [0.717, 1.165) is 17.8 Å². The molecule has 0 aromatic heterocycles. The summed E-state index contributed by atoms with van der Waals surface area (Å²) in [6, 6.07) is 1.09. The molecule has 0 radical (unpaired) electrons. The molecule has 0 aromatic rings. The number of thioether (sulfide) groups is 1. The lowest BCUT2D eigenvalue weighted by atomic mass is 10.2. The van der Waals surface area contributed by atoms with Crippen LogP contribution in [0.3, 0.4) is 0 Å². The summed E-state index contributed by atoms with van der Waals surface area (Å²) in [5.41, 5.74) is 5.81. The molecule has 0 amide bonds. The Balaban J connectivity index is 2.26. The molecule has 0 bridgehead atoms. The van der Waals surface area contributed by atoms with E-state index in [-0.39, 0.29) is 0 Å². The van der Waals surface area contributed by atoms with Gasteiger partial charge in [0.15, 0.2) is 0 Å². The average Bonchev–Trinajstić information content (AvgIpc) is 2.52. The van der Waals surface area contributed by atoms with Crippen LogP contribution in [0.1, 0.15) is 33.1 Å². The van der Waals surface area contributed by atoms with Crippen LogP contribution in [0.15, 0.2) is 0 Å². The highest BCUT2D eigenvalue weighted by Crippen LogP contribution is 2.31. The number of hydrogen-bond acceptors (Lipinski definition) is 3. The molecule has 0 aromatic carbocycles. The van der Waals surface area contributed by atoms with E-state index in [0.29, 0.717) is 6.04 Å². The lowest BCUT2D eigenvalue weighted by molar-refractivity contribution is 0.235. The number of likely N-dealkylation sites (N-methyl/N-ethyl adjacent to an activating group) is 1. The quantitative estimate of drug-likeness (QED) is 0.761. The van der Waals surface area contributed by atoms with Gasteiger partial charge in [-0.25, -0.2) is 0 Å². The van der Waals surface area contributed by atoms with Gasteiger partial charge >= 0.3 is 0 Å². The molecular weight excluding hydrogens is 192 g/mol. The molecule has 3 heteroatoms. The summed E-state index contributed by atoms with van der Waals surface area (Å²) in [4.78, 5) is 2.45. The minimum atomic E-state index is 0.304. The first kappa shape index (κ1) is 12.3. The fraction of sp³-hybridized carbons (Fsp3) is 1.00. The maximum absolute atomic E-state index is 5.81. The van der Waals surface area contributed by atoms with Crippen LogP contribution < -0.4 is 5.73 Å². The van der Waals surface area contributed by atoms with Gasteiger partial charge in [0, 0.05) is 23.9 Å². The Morgan fingerprint density at radius 1 is 1.50 bits per heavy atom. The second-order valence-corrected chi connectivity index (χ2v) is 6.04. The maximum atomic E-state index is 5.81. The van der Waals surface area contributed by atoms with E-state index in [1.807, 2.05) is 0 Å². The molecule has 0 aliphatic heterocycles. The third-order valence-corrected chi connectivity index (χ3v) is 4.19. The zero-order valence-corrected chi connectivity index (χ0v) is 10.5. The topological polar surface area (TPSA) is 29.3 Å². The van der Waals surface area contributed by atoms with Gasteiger partial charge < -0.3 is 10.6 Å². The van der Waals surface area contributed by atoms with Crippen molar-refractivity contribution >= 4 is 11.8 Å². The number of nitrogens with zero attached hydrogens (tertiary/aromatic N) is 1. The van der Waals surface area contributed by atoms with Gasteiger partial charge in [0.1, 0.15) is 0 Å².